The van der Waals surface area contributed by atoms with Crippen LogP contribution in [0.1, 0.15) is 46.5 Å². The number of hydrogen-bond donors (Lipinski definition) is 1. The van der Waals surface area contributed by atoms with Crippen LogP contribution in [0.5, 0.6) is 0 Å². The summed E-state index contributed by atoms with van der Waals surface area (Å²) >= 11 is 0. The summed E-state index contributed by atoms with van der Waals surface area (Å²) in [6.07, 6.45) is 7.32. The summed E-state index contributed by atoms with van der Waals surface area (Å²) in [6, 6.07) is 0. The van der Waals surface area contributed by atoms with Crippen LogP contribution >= 0.6 is 0 Å². The van der Waals surface area contributed by atoms with Crippen LogP contribution in [0, 0.1) is 5.92 Å². The van der Waals surface area contributed by atoms with Gasteiger partial charge in [0.25, 0.3) is 0 Å². The fourth-order valence-electron chi connectivity index (χ4n) is 1.53. The second-order valence-corrected chi connectivity index (χ2v) is 4.23. The summed E-state index contributed by atoms with van der Waals surface area (Å²) in [5.41, 5.74) is 0. The zero-order valence-electron chi connectivity index (χ0n) is 11.7. The Bertz CT molecular complexity index is 232. The van der Waals surface area contributed by atoms with Gasteiger partial charge in [-0.2, -0.15) is 0 Å². The van der Waals surface area contributed by atoms with Gasteiger partial charge < -0.3 is 14.6 Å². The first-order valence-electron chi connectivity index (χ1n) is 6.74. The zero-order chi connectivity index (χ0) is 13.8. The van der Waals surface area contributed by atoms with Crippen LogP contribution in [0.2, 0.25) is 0 Å². The van der Waals surface area contributed by atoms with Crippen LogP contribution in [0.15, 0.2) is 12.2 Å². The Morgan fingerprint density at radius 1 is 1.22 bits per heavy atom. The van der Waals surface area contributed by atoms with Gasteiger partial charge in [-0.05, 0) is 39.2 Å². The molecule has 0 aliphatic carbocycles. The second kappa shape index (κ2) is 11.2. The molecule has 0 spiro atoms. The van der Waals surface area contributed by atoms with Crippen molar-refractivity contribution in [3.05, 3.63) is 12.2 Å². The Hall–Kier alpha value is -0.870. The Morgan fingerprint density at radius 2 is 1.83 bits per heavy atom. The van der Waals surface area contributed by atoms with Gasteiger partial charge in [-0.25, -0.2) is 0 Å². The van der Waals surface area contributed by atoms with Crippen molar-refractivity contribution in [1.29, 1.82) is 0 Å². The summed E-state index contributed by atoms with van der Waals surface area (Å²) in [7, 11) is 0. The first-order valence-corrected chi connectivity index (χ1v) is 6.74. The molecular weight excluding hydrogens is 232 g/mol. The minimum atomic E-state index is -0.710. The molecule has 1 atom stereocenters. The maximum atomic E-state index is 10.6. The molecule has 18 heavy (non-hydrogen) atoms. The lowest BCUT2D eigenvalue weighted by atomic mass is 10.0. The minimum Gasteiger partial charge on any atom is -0.481 e. The minimum absolute atomic E-state index is 0.242. The smallest absolute Gasteiger partial charge is 0.306 e. The molecule has 4 heteroatoms. The fourth-order valence-corrected chi connectivity index (χ4v) is 1.53. The Morgan fingerprint density at radius 3 is 2.33 bits per heavy atom. The van der Waals surface area contributed by atoms with E-state index in [0.717, 1.165) is 25.7 Å². The molecule has 0 saturated heterocycles. The van der Waals surface area contributed by atoms with Gasteiger partial charge in [-0.1, -0.05) is 19.4 Å². The van der Waals surface area contributed by atoms with Gasteiger partial charge in [0.05, 0.1) is 5.92 Å². The second-order valence-electron chi connectivity index (χ2n) is 4.23. The lowest BCUT2D eigenvalue weighted by Gasteiger charge is -2.12. The third-order valence-electron chi connectivity index (χ3n) is 2.63. The molecule has 0 saturated carbocycles. The van der Waals surface area contributed by atoms with Crippen LogP contribution in [0.4, 0.5) is 0 Å². The van der Waals surface area contributed by atoms with Crippen molar-refractivity contribution < 1.29 is 19.4 Å². The Balaban J connectivity index is 3.65. The topological polar surface area (TPSA) is 55.8 Å². The average molecular weight is 258 g/mol. The summed E-state index contributed by atoms with van der Waals surface area (Å²) < 4.78 is 10.7. The summed E-state index contributed by atoms with van der Waals surface area (Å²) in [4.78, 5) is 10.6. The molecule has 0 aliphatic rings. The number of rotatable bonds is 11. The maximum absolute atomic E-state index is 10.6. The molecular formula is C14H26O4. The largest absolute Gasteiger partial charge is 0.481 e. The van der Waals surface area contributed by atoms with Crippen LogP contribution in [0.25, 0.3) is 0 Å². The number of carbonyl (C=O) groups is 1. The van der Waals surface area contributed by atoms with Crippen LogP contribution in [0.3, 0.4) is 0 Å². The highest BCUT2D eigenvalue weighted by Crippen LogP contribution is 2.10. The number of aliphatic carboxylic acids is 1. The molecule has 0 aromatic carbocycles. The highest BCUT2D eigenvalue weighted by atomic mass is 16.7. The molecule has 0 aromatic heterocycles. The van der Waals surface area contributed by atoms with Crippen LogP contribution in [-0.2, 0) is 14.3 Å². The number of unbranched alkanes of at least 4 members (excludes halogenated alkanes) is 2. The van der Waals surface area contributed by atoms with Crippen molar-refractivity contribution in [3.63, 3.8) is 0 Å². The molecule has 1 N–H and O–H groups in total. The third kappa shape index (κ3) is 9.19. The molecule has 0 fully saturated rings. The quantitative estimate of drug-likeness (QED) is 0.351. The Kier molecular flexibility index (Phi) is 10.7. The van der Waals surface area contributed by atoms with E-state index >= 15 is 0 Å². The van der Waals surface area contributed by atoms with E-state index in [4.69, 9.17) is 14.6 Å². The van der Waals surface area contributed by atoms with Gasteiger partial charge in [0.1, 0.15) is 0 Å². The van der Waals surface area contributed by atoms with Gasteiger partial charge >= 0.3 is 5.97 Å². The van der Waals surface area contributed by atoms with E-state index in [2.05, 4.69) is 0 Å². The number of carboxylic acid groups (broad SMARTS) is 1. The van der Waals surface area contributed by atoms with Gasteiger partial charge in [0.2, 0.25) is 0 Å². The van der Waals surface area contributed by atoms with Gasteiger partial charge in [-0.3, -0.25) is 4.79 Å². The van der Waals surface area contributed by atoms with Gasteiger partial charge in [0, 0.05) is 13.2 Å². The molecule has 4 nitrogen and oxygen atoms in total. The molecule has 0 amide bonds. The number of allylic oxidation sites excluding steroid dienone is 1. The van der Waals surface area contributed by atoms with Gasteiger partial charge in [-0.15, -0.1) is 0 Å². The van der Waals surface area contributed by atoms with Crippen molar-refractivity contribution in [2.24, 2.45) is 5.92 Å². The highest BCUT2D eigenvalue weighted by Gasteiger charge is 2.09. The molecule has 0 bridgehead atoms. The maximum Gasteiger partial charge on any atom is 0.306 e. The van der Waals surface area contributed by atoms with Crippen LogP contribution < -0.4 is 0 Å². The summed E-state index contributed by atoms with van der Waals surface area (Å²) in [6.45, 7) is 6.88. The lowest BCUT2D eigenvalue weighted by Crippen LogP contribution is -2.14. The highest BCUT2D eigenvalue weighted by molar-refractivity contribution is 5.69. The van der Waals surface area contributed by atoms with E-state index in [1.165, 1.54) is 0 Å². The molecule has 106 valence electrons. The molecule has 1 unspecified atom stereocenters. The van der Waals surface area contributed by atoms with E-state index in [1.807, 2.05) is 26.0 Å². The van der Waals surface area contributed by atoms with E-state index in [9.17, 15) is 4.79 Å². The lowest BCUT2D eigenvalue weighted by molar-refractivity contribution is -0.141. The normalized spacial score (nSPS) is 13.3. The average Bonchev–Trinajstić information content (AvgIpc) is 2.33. The zero-order valence-corrected chi connectivity index (χ0v) is 11.7. The number of ether oxygens (including phenoxy) is 2. The SMILES string of the molecule is CCOC(/C=C\CCCCC(C)C(=O)O)OCC. The standard InChI is InChI=1S/C14H26O4/c1-4-17-13(18-5-2)11-9-7-6-8-10-12(3)14(15)16/h9,11-13H,4-8,10H2,1-3H3,(H,15,16)/b11-9-. The number of hydrogen-bond acceptors (Lipinski definition) is 3. The molecule has 0 aromatic rings. The van der Waals surface area contributed by atoms with Crippen molar-refractivity contribution in [2.75, 3.05) is 13.2 Å². The third-order valence-corrected chi connectivity index (χ3v) is 2.63. The first-order chi connectivity index (χ1) is 8.61. The Labute approximate surface area is 110 Å². The van der Waals surface area contributed by atoms with E-state index in [1.54, 1.807) is 6.92 Å². The molecule has 0 heterocycles. The van der Waals surface area contributed by atoms with E-state index < -0.39 is 5.97 Å². The van der Waals surface area contributed by atoms with Crippen LogP contribution in [-0.4, -0.2) is 30.6 Å². The van der Waals surface area contributed by atoms with E-state index in [-0.39, 0.29) is 12.2 Å². The van der Waals surface area contributed by atoms with Crippen molar-refractivity contribution in [3.8, 4) is 0 Å². The van der Waals surface area contributed by atoms with Crippen molar-refractivity contribution in [2.45, 2.75) is 52.7 Å². The molecule has 0 rings (SSSR count). The summed E-state index contributed by atoms with van der Waals surface area (Å²) in [5.74, 6) is -0.952. The fraction of sp³-hybridized carbons (Fsp3) is 0.786. The first kappa shape index (κ1) is 17.1. The molecule has 0 aliphatic heterocycles. The number of carboxylic acids is 1. The predicted octanol–water partition coefficient (Wildman–Crippen LogP) is 3.22. The van der Waals surface area contributed by atoms with E-state index in [0.29, 0.717) is 13.2 Å². The monoisotopic (exact) mass is 258 g/mol. The molecule has 0 radical (unpaired) electrons. The van der Waals surface area contributed by atoms with Gasteiger partial charge in [0.15, 0.2) is 6.29 Å². The predicted molar refractivity (Wildman–Crippen MR) is 71.4 cm³/mol. The summed E-state index contributed by atoms with van der Waals surface area (Å²) in [5, 5.41) is 8.73. The van der Waals surface area contributed by atoms with Crippen molar-refractivity contribution in [1.82, 2.24) is 0 Å². The van der Waals surface area contributed by atoms with Crippen molar-refractivity contribution >= 4 is 5.97 Å².